The van der Waals surface area contributed by atoms with Crippen molar-refractivity contribution in [2.24, 2.45) is 0 Å². The van der Waals surface area contributed by atoms with Gasteiger partial charge in [-0.25, -0.2) is 0 Å². The van der Waals surface area contributed by atoms with E-state index < -0.39 is 28.3 Å². The number of aromatic nitrogens is 2. The van der Waals surface area contributed by atoms with Crippen LogP contribution >= 0.6 is 11.3 Å². The highest BCUT2D eigenvalue weighted by atomic mass is 32.1. The Morgan fingerprint density at radius 1 is 1.31 bits per heavy atom. The number of carbonyl (C=O) groups is 3. The van der Waals surface area contributed by atoms with Crippen molar-refractivity contribution in [3.63, 3.8) is 0 Å². The first kappa shape index (κ1) is 17.6. The summed E-state index contributed by atoms with van der Waals surface area (Å²) in [6.07, 6.45) is 0.543. The lowest BCUT2D eigenvalue weighted by molar-refractivity contribution is -0.385. The van der Waals surface area contributed by atoms with Gasteiger partial charge < -0.3 is 5.32 Å². The van der Waals surface area contributed by atoms with Gasteiger partial charge >= 0.3 is 0 Å². The third-order valence-corrected chi connectivity index (χ3v) is 4.73. The number of nitro groups is 1. The normalized spacial score (nSPS) is 13.0. The van der Waals surface area contributed by atoms with Crippen LogP contribution in [0.3, 0.4) is 0 Å². The van der Waals surface area contributed by atoms with Gasteiger partial charge in [0.1, 0.15) is 10.6 Å². The van der Waals surface area contributed by atoms with Gasteiger partial charge in [0.15, 0.2) is 0 Å². The number of imide groups is 1. The lowest BCUT2D eigenvalue weighted by Crippen LogP contribution is -2.33. The number of amides is 3. The molecule has 26 heavy (non-hydrogen) atoms. The number of anilines is 1. The van der Waals surface area contributed by atoms with Gasteiger partial charge in [-0.3, -0.25) is 29.4 Å². The fraction of sp³-hybridized carbons (Fsp3) is 0.267. The highest BCUT2D eigenvalue weighted by molar-refractivity contribution is 7.15. The first-order chi connectivity index (χ1) is 12.4. The second-order valence-electron chi connectivity index (χ2n) is 5.37. The third-order valence-electron chi connectivity index (χ3n) is 3.75. The quantitative estimate of drug-likeness (QED) is 0.460. The van der Waals surface area contributed by atoms with Gasteiger partial charge in [-0.05, 0) is 12.5 Å². The molecule has 11 heteroatoms. The Kier molecular flexibility index (Phi) is 4.71. The summed E-state index contributed by atoms with van der Waals surface area (Å²) in [5, 5.41) is 22.4. The molecule has 1 aliphatic heterocycles. The molecule has 0 atom stereocenters. The van der Waals surface area contributed by atoms with E-state index in [1.165, 1.54) is 29.5 Å². The van der Waals surface area contributed by atoms with Crippen molar-refractivity contribution in [2.75, 3.05) is 11.9 Å². The number of benzene rings is 1. The molecule has 2 heterocycles. The second-order valence-corrected chi connectivity index (χ2v) is 6.43. The maximum absolute atomic E-state index is 12.4. The van der Waals surface area contributed by atoms with E-state index in [2.05, 4.69) is 15.5 Å². The molecular weight excluding hydrogens is 362 g/mol. The zero-order chi connectivity index (χ0) is 18.8. The molecule has 0 saturated carbocycles. The number of fused-ring (bicyclic) bond motifs is 1. The van der Waals surface area contributed by atoms with Gasteiger partial charge in [0.2, 0.25) is 11.0 Å². The summed E-state index contributed by atoms with van der Waals surface area (Å²) in [6.45, 7) is 1.72. The Morgan fingerprint density at radius 2 is 2.08 bits per heavy atom. The smallest absolute Gasteiger partial charge is 0.282 e. The van der Waals surface area contributed by atoms with Crippen molar-refractivity contribution < 1.29 is 19.3 Å². The highest BCUT2D eigenvalue weighted by Gasteiger charge is 2.40. The molecule has 10 nitrogen and oxygen atoms in total. The molecule has 1 N–H and O–H groups in total. The van der Waals surface area contributed by atoms with E-state index in [0.29, 0.717) is 11.6 Å². The van der Waals surface area contributed by atoms with Crippen LogP contribution in [0.4, 0.5) is 10.8 Å². The predicted molar refractivity (Wildman–Crippen MR) is 91.0 cm³/mol. The van der Waals surface area contributed by atoms with E-state index in [0.717, 1.165) is 9.91 Å². The Labute approximate surface area is 151 Å². The van der Waals surface area contributed by atoms with Crippen LogP contribution in [-0.4, -0.2) is 44.3 Å². The molecule has 0 spiro atoms. The van der Waals surface area contributed by atoms with Crippen LogP contribution in [0.1, 0.15) is 39.1 Å². The highest BCUT2D eigenvalue weighted by Crippen LogP contribution is 2.30. The summed E-state index contributed by atoms with van der Waals surface area (Å²) < 4.78 is 0. The Hall–Kier alpha value is -3.21. The second kappa shape index (κ2) is 6.96. The first-order valence-electron chi connectivity index (χ1n) is 7.68. The molecule has 3 amide bonds. The van der Waals surface area contributed by atoms with Crippen molar-refractivity contribution in [1.29, 1.82) is 0 Å². The van der Waals surface area contributed by atoms with E-state index >= 15 is 0 Å². The number of hydrogen-bond acceptors (Lipinski definition) is 8. The fourth-order valence-corrected chi connectivity index (χ4v) is 3.21. The fourth-order valence-electron chi connectivity index (χ4n) is 2.51. The Morgan fingerprint density at radius 3 is 2.73 bits per heavy atom. The molecule has 0 fully saturated rings. The van der Waals surface area contributed by atoms with Gasteiger partial charge in [-0.2, -0.15) is 0 Å². The van der Waals surface area contributed by atoms with E-state index in [-0.39, 0.29) is 24.1 Å². The number of rotatable bonds is 6. The molecule has 0 bridgehead atoms. The predicted octanol–water partition coefficient (Wildman–Crippen LogP) is 1.63. The van der Waals surface area contributed by atoms with E-state index in [9.17, 15) is 24.5 Å². The summed E-state index contributed by atoms with van der Waals surface area (Å²) in [4.78, 5) is 47.9. The zero-order valence-electron chi connectivity index (χ0n) is 13.6. The number of nitrogens with one attached hydrogen (secondary N) is 1. The van der Waals surface area contributed by atoms with Crippen LogP contribution in [0.2, 0.25) is 0 Å². The summed E-state index contributed by atoms with van der Waals surface area (Å²) in [6, 6.07) is 3.87. The molecule has 3 rings (SSSR count). The summed E-state index contributed by atoms with van der Waals surface area (Å²) in [5.74, 6) is -1.85. The minimum absolute atomic E-state index is 0.0266. The molecule has 1 aromatic carbocycles. The number of hydrogen-bond donors (Lipinski definition) is 1. The maximum Gasteiger partial charge on any atom is 0.282 e. The minimum Gasteiger partial charge on any atom is -0.300 e. The molecule has 0 radical (unpaired) electrons. The number of aryl methyl sites for hydroxylation is 1. The average Bonchev–Trinajstić information content (AvgIpc) is 3.16. The van der Waals surface area contributed by atoms with Crippen LogP contribution in [-0.2, 0) is 11.2 Å². The average molecular weight is 375 g/mol. The third kappa shape index (κ3) is 3.16. The van der Waals surface area contributed by atoms with Gasteiger partial charge in [-0.1, -0.05) is 24.3 Å². The summed E-state index contributed by atoms with van der Waals surface area (Å²) in [5.41, 5.74) is -0.685. The van der Waals surface area contributed by atoms with Crippen molar-refractivity contribution in [3.8, 4) is 0 Å². The van der Waals surface area contributed by atoms with Crippen LogP contribution in [0, 0.1) is 10.1 Å². The number of carbonyl (C=O) groups excluding carboxylic acids is 3. The molecule has 1 aliphatic rings. The molecule has 134 valence electrons. The van der Waals surface area contributed by atoms with Gasteiger partial charge in [0.25, 0.3) is 17.5 Å². The lowest BCUT2D eigenvalue weighted by atomic mass is 10.1. The maximum atomic E-state index is 12.4. The Bertz CT molecular complexity index is 925. The van der Waals surface area contributed by atoms with Crippen LogP contribution in [0.25, 0.3) is 0 Å². The summed E-state index contributed by atoms with van der Waals surface area (Å²) >= 11 is 1.24. The van der Waals surface area contributed by atoms with Crippen molar-refractivity contribution in [3.05, 3.63) is 44.4 Å². The molecule has 2 aromatic rings. The van der Waals surface area contributed by atoms with E-state index in [1.54, 1.807) is 0 Å². The van der Waals surface area contributed by atoms with Crippen molar-refractivity contribution in [1.82, 2.24) is 15.1 Å². The molecular formula is C15H13N5O5S. The van der Waals surface area contributed by atoms with Crippen LogP contribution in [0.15, 0.2) is 18.2 Å². The topological polar surface area (TPSA) is 135 Å². The number of nitrogens with zero attached hydrogens (tertiary/aromatic N) is 4. The molecule has 0 saturated heterocycles. The largest absolute Gasteiger partial charge is 0.300 e. The molecule has 0 aliphatic carbocycles. The monoisotopic (exact) mass is 375 g/mol. The van der Waals surface area contributed by atoms with Gasteiger partial charge in [0, 0.05) is 19.0 Å². The summed E-state index contributed by atoms with van der Waals surface area (Å²) in [7, 11) is 0. The van der Waals surface area contributed by atoms with Crippen molar-refractivity contribution in [2.45, 2.75) is 19.8 Å². The van der Waals surface area contributed by atoms with Crippen LogP contribution in [0.5, 0.6) is 0 Å². The molecule has 0 unspecified atom stereocenters. The SMILES string of the molecule is CCc1nnc(NC(=O)CCN2C(=O)c3cccc([N+](=O)[O-])c3C2=O)s1. The number of nitro benzene ring substituents is 1. The van der Waals surface area contributed by atoms with Crippen LogP contribution < -0.4 is 5.32 Å². The zero-order valence-corrected chi connectivity index (χ0v) is 14.4. The van der Waals surface area contributed by atoms with Gasteiger partial charge in [0.05, 0.1) is 10.5 Å². The Balaban J connectivity index is 1.68. The van der Waals surface area contributed by atoms with E-state index in [4.69, 9.17) is 0 Å². The van der Waals surface area contributed by atoms with Crippen molar-refractivity contribution >= 4 is 39.9 Å². The lowest BCUT2D eigenvalue weighted by Gasteiger charge is -2.12. The standard InChI is InChI=1S/C15H13N5O5S/c1-2-11-17-18-15(26-11)16-10(21)6-7-19-13(22)8-4-3-5-9(20(24)25)12(8)14(19)23/h3-5H,2,6-7H2,1H3,(H,16,18,21). The minimum atomic E-state index is -0.769. The van der Waals surface area contributed by atoms with Gasteiger partial charge in [-0.15, -0.1) is 10.2 Å². The van der Waals surface area contributed by atoms with E-state index in [1.807, 2.05) is 6.92 Å². The molecule has 1 aromatic heterocycles. The first-order valence-corrected chi connectivity index (χ1v) is 8.49.